The highest BCUT2D eigenvalue weighted by atomic mass is 35.5. The SMILES string of the molecule is COc1ccc(N(C)C(C)=O)cc1CN[C@H]1[C@H]2CCN(C[C@@H]2C(N)=O)[C@@H]1C(c1ccccc1)c1ccccc1.Cl.Cl. The molecule has 3 aromatic rings. The minimum absolute atomic E-state index is 0. The van der Waals surface area contributed by atoms with Gasteiger partial charge < -0.3 is 20.7 Å². The number of nitrogens with two attached hydrogens (primary N) is 1. The number of halogens is 2. The number of benzene rings is 3. The second-order valence-corrected chi connectivity index (χ2v) is 10.7. The number of primary amides is 1. The van der Waals surface area contributed by atoms with Crippen molar-refractivity contribution in [3.05, 3.63) is 95.6 Å². The minimum Gasteiger partial charge on any atom is -0.496 e. The number of amides is 2. The average Bonchev–Trinajstić information content (AvgIpc) is 2.97. The van der Waals surface area contributed by atoms with E-state index in [4.69, 9.17) is 10.5 Å². The van der Waals surface area contributed by atoms with Crippen molar-refractivity contribution in [1.29, 1.82) is 0 Å². The number of rotatable bonds is 9. The molecule has 0 aliphatic carbocycles. The predicted molar refractivity (Wildman–Crippen MR) is 168 cm³/mol. The number of nitrogens with zero attached hydrogens (tertiary/aromatic N) is 2. The van der Waals surface area contributed by atoms with Crippen LogP contribution in [-0.2, 0) is 16.1 Å². The molecule has 2 bridgehead atoms. The number of ether oxygens (including phenoxy) is 1. The van der Waals surface area contributed by atoms with Gasteiger partial charge in [0.05, 0.1) is 13.0 Å². The molecule has 6 rings (SSSR count). The van der Waals surface area contributed by atoms with E-state index < -0.39 is 0 Å². The van der Waals surface area contributed by atoms with E-state index in [1.165, 1.54) is 11.1 Å². The molecular formula is C32H40Cl2N4O3. The Balaban J connectivity index is 0.00000231. The van der Waals surface area contributed by atoms with Crippen molar-refractivity contribution in [2.45, 2.75) is 37.9 Å². The zero-order chi connectivity index (χ0) is 27.5. The van der Waals surface area contributed by atoms with Crippen LogP contribution in [0.4, 0.5) is 5.69 Å². The van der Waals surface area contributed by atoms with E-state index in [-0.39, 0.29) is 66.5 Å². The standard InChI is InChI=1S/C32H38N4O3.2ClH/c1-21(37)35(2)25-14-15-28(39-3)24(18-25)19-34-30-26-16-17-36(20-27(26)32(33)38)31(30)29(22-10-6-4-7-11-22)23-12-8-5-9-13-23;;/h4-15,18,26-27,29-31,34H,16-17,19-20H2,1-3H3,(H2,33,38);2*1H/t26-,27-,30-,31+;;/m0../s1. The Morgan fingerprint density at radius 2 is 1.63 bits per heavy atom. The molecule has 3 saturated heterocycles. The van der Waals surface area contributed by atoms with Crippen LogP contribution in [0.5, 0.6) is 5.75 Å². The molecule has 5 atom stereocenters. The van der Waals surface area contributed by atoms with Crippen molar-refractivity contribution in [3.8, 4) is 5.75 Å². The van der Waals surface area contributed by atoms with Gasteiger partial charge in [0.15, 0.2) is 0 Å². The van der Waals surface area contributed by atoms with Crippen LogP contribution in [0.3, 0.4) is 0 Å². The molecule has 3 fully saturated rings. The van der Waals surface area contributed by atoms with Gasteiger partial charge in [-0.3, -0.25) is 14.5 Å². The number of methoxy groups -OCH3 is 1. The zero-order valence-corrected chi connectivity index (χ0v) is 25.4. The van der Waals surface area contributed by atoms with Gasteiger partial charge >= 0.3 is 0 Å². The lowest BCUT2D eigenvalue weighted by Gasteiger charge is -2.56. The molecule has 41 heavy (non-hydrogen) atoms. The molecule has 220 valence electrons. The molecule has 0 radical (unpaired) electrons. The molecule has 3 aromatic carbocycles. The third-order valence-corrected chi connectivity index (χ3v) is 8.62. The molecule has 0 saturated carbocycles. The van der Waals surface area contributed by atoms with Crippen molar-refractivity contribution in [2.75, 3.05) is 32.1 Å². The normalized spacial score (nSPS) is 22.8. The fourth-order valence-corrected chi connectivity index (χ4v) is 6.60. The quantitative estimate of drug-likeness (QED) is 0.375. The Morgan fingerprint density at radius 1 is 1.02 bits per heavy atom. The van der Waals surface area contributed by atoms with Crippen LogP contribution in [-0.4, -0.2) is 56.0 Å². The summed E-state index contributed by atoms with van der Waals surface area (Å²) in [6.07, 6.45) is 0.919. The fourth-order valence-electron chi connectivity index (χ4n) is 6.60. The van der Waals surface area contributed by atoms with E-state index in [1.54, 1.807) is 26.0 Å². The molecule has 0 aromatic heterocycles. The molecule has 3 heterocycles. The van der Waals surface area contributed by atoms with Gasteiger partial charge in [0.2, 0.25) is 11.8 Å². The Labute approximate surface area is 255 Å². The summed E-state index contributed by atoms with van der Waals surface area (Å²) in [4.78, 5) is 28.7. The number of carbonyl (C=O) groups excluding carboxylic acids is 2. The largest absolute Gasteiger partial charge is 0.496 e. The van der Waals surface area contributed by atoms with Crippen molar-refractivity contribution >= 4 is 42.3 Å². The maximum atomic E-state index is 12.6. The van der Waals surface area contributed by atoms with E-state index in [0.29, 0.717) is 13.1 Å². The molecule has 1 unspecified atom stereocenters. The van der Waals surface area contributed by atoms with Crippen molar-refractivity contribution in [1.82, 2.24) is 10.2 Å². The Bertz CT molecular complexity index is 1270. The number of nitrogens with one attached hydrogen (secondary N) is 1. The van der Waals surface area contributed by atoms with Crippen LogP contribution in [0, 0.1) is 11.8 Å². The molecular weight excluding hydrogens is 559 g/mol. The number of carbonyl (C=O) groups is 2. The highest BCUT2D eigenvalue weighted by molar-refractivity contribution is 5.91. The van der Waals surface area contributed by atoms with Gasteiger partial charge in [-0.2, -0.15) is 0 Å². The first-order chi connectivity index (χ1) is 18.9. The Morgan fingerprint density at radius 3 is 2.17 bits per heavy atom. The van der Waals surface area contributed by atoms with Crippen molar-refractivity contribution in [2.24, 2.45) is 17.6 Å². The van der Waals surface area contributed by atoms with Crippen LogP contribution in [0.2, 0.25) is 0 Å². The summed E-state index contributed by atoms with van der Waals surface area (Å²) >= 11 is 0. The first-order valence-electron chi connectivity index (χ1n) is 13.7. The highest BCUT2D eigenvalue weighted by Crippen LogP contribution is 2.44. The topological polar surface area (TPSA) is 87.9 Å². The van der Waals surface area contributed by atoms with Crippen LogP contribution in [0.15, 0.2) is 78.9 Å². The monoisotopic (exact) mass is 598 g/mol. The summed E-state index contributed by atoms with van der Waals surface area (Å²) in [5.41, 5.74) is 10.2. The maximum Gasteiger partial charge on any atom is 0.223 e. The third kappa shape index (κ3) is 6.70. The van der Waals surface area contributed by atoms with Crippen LogP contribution < -0.4 is 20.7 Å². The van der Waals surface area contributed by atoms with Crippen LogP contribution in [0.1, 0.15) is 36.0 Å². The van der Waals surface area contributed by atoms with E-state index in [9.17, 15) is 9.59 Å². The van der Waals surface area contributed by atoms with Crippen LogP contribution >= 0.6 is 24.8 Å². The van der Waals surface area contributed by atoms with Crippen LogP contribution in [0.25, 0.3) is 0 Å². The molecule has 7 nitrogen and oxygen atoms in total. The minimum atomic E-state index is -0.228. The fraction of sp³-hybridized carbons (Fsp3) is 0.375. The molecule has 9 heteroatoms. The lowest BCUT2D eigenvalue weighted by molar-refractivity contribution is -0.132. The molecule has 3 N–H and O–H groups in total. The Hall–Kier alpha value is -3.10. The molecule has 2 amide bonds. The summed E-state index contributed by atoms with van der Waals surface area (Å²) in [6.45, 7) is 3.71. The summed E-state index contributed by atoms with van der Waals surface area (Å²) in [7, 11) is 3.43. The number of anilines is 1. The first kappa shape index (κ1) is 32.4. The third-order valence-electron chi connectivity index (χ3n) is 8.62. The lowest BCUT2D eigenvalue weighted by atomic mass is 9.66. The second kappa shape index (κ2) is 14.2. The maximum absolute atomic E-state index is 12.6. The summed E-state index contributed by atoms with van der Waals surface area (Å²) < 4.78 is 5.69. The van der Waals surface area contributed by atoms with Crippen molar-refractivity contribution in [3.63, 3.8) is 0 Å². The van der Waals surface area contributed by atoms with Gasteiger partial charge in [0.25, 0.3) is 0 Å². The lowest BCUT2D eigenvalue weighted by Crippen LogP contribution is -2.68. The number of hydrogen-bond donors (Lipinski definition) is 2. The number of hydrogen-bond acceptors (Lipinski definition) is 5. The van der Waals surface area contributed by atoms with Gasteiger partial charge in [-0.05, 0) is 48.2 Å². The molecule has 3 aliphatic rings. The van der Waals surface area contributed by atoms with Gasteiger partial charge in [0.1, 0.15) is 5.75 Å². The van der Waals surface area contributed by atoms with Gasteiger partial charge in [-0.25, -0.2) is 0 Å². The summed E-state index contributed by atoms with van der Waals surface area (Å²) in [5, 5.41) is 3.86. The van der Waals surface area contributed by atoms with Crippen molar-refractivity contribution < 1.29 is 14.3 Å². The zero-order valence-electron chi connectivity index (χ0n) is 23.7. The first-order valence-corrected chi connectivity index (χ1v) is 13.7. The van der Waals surface area contributed by atoms with E-state index in [2.05, 4.69) is 70.9 Å². The predicted octanol–water partition coefficient (Wildman–Crippen LogP) is 4.62. The summed E-state index contributed by atoms with van der Waals surface area (Å²) in [6, 6.07) is 27.3. The Kier molecular flexibility index (Phi) is 11.2. The molecule has 0 spiro atoms. The van der Waals surface area contributed by atoms with Gasteiger partial charge in [-0.1, -0.05) is 60.7 Å². The van der Waals surface area contributed by atoms with Gasteiger partial charge in [-0.15, -0.1) is 24.8 Å². The van der Waals surface area contributed by atoms with E-state index in [0.717, 1.165) is 30.0 Å². The molecule has 3 aliphatic heterocycles. The highest BCUT2D eigenvalue weighted by Gasteiger charge is 2.51. The summed E-state index contributed by atoms with van der Waals surface area (Å²) in [5.74, 6) is 0.551. The number of piperidine rings is 3. The van der Waals surface area contributed by atoms with Gasteiger partial charge in [0, 0.05) is 56.3 Å². The van der Waals surface area contributed by atoms with E-state index in [1.807, 2.05) is 18.2 Å². The second-order valence-electron chi connectivity index (χ2n) is 10.7. The average molecular weight is 600 g/mol. The smallest absolute Gasteiger partial charge is 0.223 e. The number of fused-ring (bicyclic) bond motifs is 3. The van der Waals surface area contributed by atoms with E-state index >= 15 is 0 Å².